The third-order valence-corrected chi connectivity index (χ3v) is 2.97. The summed E-state index contributed by atoms with van der Waals surface area (Å²) in [5, 5.41) is 8.42. The Morgan fingerprint density at radius 3 is 2.53 bits per heavy atom. The van der Waals surface area contributed by atoms with Crippen LogP contribution in [0.2, 0.25) is 6.55 Å². The molecule has 0 radical (unpaired) electrons. The summed E-state index contributed by atoms with van der Waals surface area (Å²) in [7, 11) is -0.235. The Kier molecular flexibility index (Phi) is 3.68. The fraction of sp³-hybridized carbons (Fsp3) is 0.143. The van der Waals surface area contributed by atoms with Crippen LogP contribution in [0.4, 0.5) is 0 Å². The zero-order valence-electron chi connectivity index (χ0n) is 10.1. The fourth-order valence-electron chi connectivity index (χ4n) is 1.53. The van der Waals surface area contributed by atoms with Gasteiger partial charge < -0.3 is 0 Å². The van der Waals surface area contributed by atoms with Crippen LogP contribution >= 0.6 is 0 Å². The monoisotopic (exact) mass is 238 g/mol. The predicted molar refractivity (Wildman–Crippen MR) is 73.5 cm³/mol. The molecule has 17 heavy (non-hydrogen) atoms. The van der Waals surface area contributed by atoms with Crippen molar-refractivity contribution >= 4 is 9.52 Å². The van der Waals surface area contributed by atoms with E-state index in [2.05, 4.69) is 28.2 Å². The van der Waals surface area contributed by atoms with Gasteiger partial charge in [0.15, 0.2) is 0 Å². The molecular weight excluding hydrogens is 224 g/mol. The first-order valence-electron chi connectivity index (χ1n) is 5.70. The summed E-state index contributed by atoms with van der Waals surface area (Å²) < 4.78 is 0. The minimum absolute atomic E-state index is 0.235. The molecule has 1 aromatic carbocycles. The van der Waals surface area contributed by atoms with Crippen molar-refractivity contribution in [1.29, 1.82) is 0 Å². The average molecular weight is 238 g/mol. The van der Waals surface area contributed by atoms with Gasteiger partial charge in [0.1, 0.15) is 15.2 Å². The smallest absolute Gasteiger partial charge is 0.138 e. The lowest BCUT2D eigenvalue weighted by molar-refractivity contribution is 1.00. The van der Waals surface area contributed by atoms with Crippen LogP contribution in [-0.4, -0.2) is 19.7 Å². The van der Waals surface area contributed by atoms with E-state index in [-0.39, 0.29) is 9.52 Å². The minimum Gasteiger partial charge on any atom is -0.149 e. The molecule has 0 aliphatic carbocycles. The molecule has 0 atom stereocenters. The Morgan fingerprint density at radius 1 is 1.12 bits per heavy atom. The molecule has 0 unspecified atom stereocenters. The van der Waals surface area contributed by atoms with Gasteiger partial charge in [-0.05, 0) is 18.6 Å². The zero-order chi connectivity index (χ0) is 12.1. The topological polar surface area (TPSA) is 25.8 Å². The van der Waals surface area contributed by atoms with Gasteiger partial charge in [0, 0.05) is 5.56 Å². The first-order valence-corrected chi connectivity index (χ1v) is 7.82. The summed E-state index contributed by atoms with van der Waals surface area (Å²) in [6.45, 7) is 4.19. The number of hydrogen-bond acceptors (Lipinski definition) is 2. The Morgan fingerprint density at radius 2 is 1.88 bits per heavy atom. The van der Waals surface area contributed by atoms with E-state index in [0.29, 0.717) is 0 Å². The second-order valence-electron chi connectivity index (χ2n) is 3.78. The number of aromatic nitrogens is 2. The van der Waals surface area contributed by atoms with Gasteiger partial charge in [0.2, 0.25) is 0 Å². The molecule has 0 N–H and O–H groups in total. The number of hydrogen-bond donors (Lipinski definition) is 0. The standard InChI is InChI=1S/C14H14N2Si/c1-11-10-14(12-6-4-3-5-7-12)16-15-13(11)8-9-17-2/h3-7,10H,17H2,1-2H3. The molecule has 0 bridgehead atoms. The number of benzene rings is 1. The predicted octanol–water partition coefficient (Wildman–Crippen LogP) is 1.98. The van der Waals surface area contributed by atoms with Crippen LogP contribution in [0.5, 0.6) is 0 Å². The van der Waals surface area contributed by atoms with Gasteiger partial charge in [-0.15, -0.1) is 15.7 Å². The van der Waals surface area contributed by atoms with Gasteiger partial charge in [-0.1, -0.05) is 42.8 Å². The molecule has 0 saturated carbocycles. The molecule has 0 aliphatic heterocycles. The molecular formula is C14H14N2Si. The van der Waals surface area contributed by atoms with Crippen molar-refractivity contribution in [3.63, 3.8) is 0 Å². The summed E-state index contributed by atoms with van der Waals surface area (Å²) in [6, 6.07) is 12.1. The maximum atomic E-state index is 4.23. The third kappa shape index (κ3) is 2.80. The van der Waals surface area contributed by atoms with E-state index in [1.54, 1.807) is 0 Å². The first kappa shape index (κ1) is 11.6. The van der Waals surface area contributed by atoms with Crippen LogP contribution < -0.4 is 0 Å². The van der Waals surface area contributed by atoms with Gasteiger partial charge in [0.05, 0.1) is 5.69 Å². The Balaban J connectivity index is 2.38. The molecule has 0 amide bonds. The van der Waals surface area contributed by atoms with E-state index in [0.717, 1.165) is 22.5 Å². The van der Waals surface area contributed by atoms with Gasteiger partial charge in [-0.25, -0.2) is 0 Å². The lowest BCUT2D eigenvalue weighted by Gasteiger charge is -2.02. The van der Waals surface area contributed by atoms with Crippen molar-refractivity contribution in [1.82, 2.24) is 10.2 Å². The number of aryl methyl sites for hydroxylation is 1. The van der Waals surface area contributed by atoms with Crippen LogP contribution in [-0.2, 0) is 0 Å². The van der Waals surface area contributed by atoms with E-state index in [9.17, 15) is 0 Å². The molecule has 2 nitrogen and oxygen atoms in total. The molecule has 0 aliphatic rings. The molecule has 2 rings (SSSR count). The molecule has 2 aromatic rings. The minimum atomic E-state index is -0.235. The van der Waals surface area contributed by atoms with E-state index in [1.165, 1.54) is 0 Å². The second-order valence-corrected chi connectivity index (χ2v) is 4.84. The van der Waals surface area contributed by atoms with Crippen molar-refractivity contribution in [3.05, 3.63) is 47.7 Å². The van der Waals surface area contributed by atoms with E-state index >= 15 is 0 Å². The van der Waals surface area contributed by atoms with Crippen molar-refractivity contribution in [3.8, 4) is 22.7 Å². The normalized spacial score (nSPS) is 10.2. The molecule has 3 heteroatoms. The van der Waals surface area contributed by atoms with Gasteiger partial charge in [-0.2, -0.15) is 0 Å². The van der Waals surface area contributed by atoms with Gasteiger partial charge in [0.25, 0.3) is 0 Å². The van der Waals surface area contributed by atoms with Crippen LogP contribution in [0.15, 0.2) is 36.4 Å². The molecule has 1 heterocycles. The van der Waals surface area contributed by atoms with Crippen LogP contribution in [0.25, 0.3) is 11.3 Å². The summed E-state index contributed by atoms with van der Waals surface area (Å²) in [5.74, 6) is 3.08. The summed E-state index contributed by atoms with van der Waals surface area (Å²) >= 11 is 0. The maximum Gasteiger partial charge on any atom is 0.138 e. The Hall–Kier alpha value is -1.92. The lowest BCUT2D eigenvalue weighted by atomic mass is 10.1. The van der Waals surface area contributed by atoms with Crippen molar-refractivity contribution < 1.29 is 0 Å². The van der Waals surface area contributed by atoms with Gasteiger partial charge in [-0.3, -0.25) is 0 Å². The van der Waals surface area contributed by atoms with Gasteiger partial charge >= 0.3 is 0 Å². The number of nitrogens with zero attached hydrogens (tertiary/aromatic N) is 2. The van der Waals surface area contributed by atoms with Crippen molar-refractivity contribution in [2.45, 2.75) is 13.5 Å². The van der Waals surface area contributed by atoms with Crippen molar-refractivity contribution in [2.75, 3.05) is 0 Å². The van der Waals surface area contributed by atoms with Crippen LogP contribution in [0.3, 0.4) is 0 Å². The average Bonchev–Trinajstić information content (AvgIpc) is 2.38. The summed E-state index contributed by atoms with van der Waals surface area (Å²) in [6.07, 6.45) is 0. The largest absolute Gasteiger partial charge is 0.149 e. The number of rotatable bonds is 1. The molecule has 1 aromatic heterocycles. The SMILES string of the molecule is C[SiH2]C#Cc1nnc(-c2ccccc2)cc1C. The summed E-state index contributed by atoms with van der Waals surface area (Å²) in [4.78, 5) is 0. The summed E-state index contributed by atoms with van der Waals surface area (Å²) in [5.41, 5.74) is 7.04. The molecule has 84 valence electrons. The van der Waals surface area contributed by atoms with E-state index < -0.39 is 0 Å². The van der Waals surface area contributed by atoms with Crippen molar-refractivity contribution in [2.24, 2.45) is 0 Å². The quantitative estimate of drug-likeness (QED) is 0.561. The van der Waals surface area contributed by atoms with E-state index in [4.69, 9.17) is 0 Å². The third-order valence-electron chi connectivity index (χ3n) is 2.44. The maximum absolute atomic E-state index is 4.23. The van der Waals surface area contributed by atoms with Crippen LogP contribution in [0.1, 0.15) is 11.3 Å². The second kappa shape index (κ2) is 5.42. The van der Waals surface area contributed by atoms with E-state index in [1.807, 2.05) is 43.3 Å². The highest BCUT2D eigenvalue weighted by molar-refractivity contribution is 6.44. The first-order chi connectivity index (χ1) is 8.31. The highest BCUT2D eigenvalue weighted by Gasteiger charge is 2.02. The highest BCUT2D eigenvalue weighted by atomic mass is 28.2. The van der Waals surface area contributed by atoms with Crippen LogP contribution in [0, 0.1) is 18.4 Å². The highest BCUT2D eigenvalue weighted by Crippen LogP contribution is 2.17. The zero-order valence-corrected chi connectivity index (χ0v) is 11.5. The Labute approximate surface area is 104 Å². The molecule has 0 spiro atoms. The Bertz CT molecular complexity index is 568. The lowest BCUT2D eigenvalue weighted by Crippen LogP contribution is -1.95. The molecule has 0 fully saturated rings. The molecule has 0 saturated heterocycles. The fourth-order valence-corrected chi connectivity index (χ4v) is 1.87.